The van der Waals surface area contributed by atoms with E-state index in [0.717, 1.165) is 23.5 Å². The number of benzene rings is 2. The molecular weight excluding hydrogens is 426 g/mol. The number of alkyl halides is 3. The van der Waals surface area contributed by atoms with Gasteiger partial charge in [0, 0.05) is 25.2 Å². The van der Waals surface area contributed by atoms with E-state index in [-0.39, 0.29) is 12.0 Å². The van der Waals surface area contributed by atoms with E-state index in [1.807, 2.05) is 23.8 Å². The second-order valence-corrected chi connectivity index (χ2v) is 7.26. The average molecular weight is 445 g/mol. The van der Waals surface area contributed by atoms with Crippen molar-refractivity contribution in [3.05, 3.63) is 77.4 Å². The summed E-state index contributed by atoms with van der Waals surface area (Å²) in [7, 11) is 3.14. The maximum atomic E-state index is 13.4. The molecule has 4 aromatic rings. The van der Waals surface area contributed by atoms with Crippen molar-refractivity contribution in [2.24, 2.45) is 7.05 Å². The van der Waals surface area contributed by atoms with Crippen molar-refractivity contribution in [3.8, 4) is 22.8 Å². The Hall–Kier alpha value is -3.69. The number of hydrogen-bond acceptors (Lipinski definition) is 4. The van der Waals surface area contributed by atoms with Crippen molar-refractivity contribution >= 4 is 0 Å². The Labute approximate surface area is 181 Å². The SMILES string of the molecule is COc1cc(-c2nc(Cc3ccc(F)cc3C(F)(F)F)n(C)n2)ccc1-n1cnc(C)c1. The second kappa shape index (κ2) is 8.10. The highest BCUT2D eigenvalue weighted by atomic mass is 19.4. The maximum absolute atomic E-state index is 13.4. The monoisotopic (exact) mass is 445 g/mol. The van der Waals surface area contributed by atoms with Crippen LogP contribution in [0.2, 0.25) is 0 Å². The van der Waals surface area contributed by atoms with Gasteiger partial charge in [-0.15, -0.1) is 0 Å². The molecule has 4 rings (SSSR count). The Morgan fingerprint density at radius 2 is 1.88 bits per heavy atom. The normalized spacial score (nSPS) is 11.7. The quantitative estimate of drug-likeness (QED) is 0.417. The van der Waals surface area contributed by atoms with E-state index in [1.165, 1.54) is 11.8 Å². The zero-order valence-corrected chi connectivity index (χ0v) is 17.5. The van der Waals surface area contributed by atoms with Crippen LogP contribution in [0.25, 0.3) is 17.1 Å². The molecule has 10 heteroatoms. The van der Waals surface area contributed by atoms with Gasteiger partial charge in [-0.25, -0.2) is 14.4 Å². The predicted molar refractivity (Wildman–Crippen MR) is 109 cm³/mol. The first-order valence-corrected chi connectivity index (χ1v) is 9.60. The summed E-state index contributed by atoms with van der Waals surface area (Å²) in [5.74, 6) is 0.266. The highest BCUT2D eigenvalue weighted by Crippen LogP contribution is 2.34. The number of rotatable bonds is 5. The Bertz CT molecular complexity index is 1280. The molecule has 0 aliphatic heterocycles. The minimum absolute atomic E-state index is 0.0793. The van der Waals surface area contributed by atoms with Gasteiger partial charge >= 0.3 is 6.18 Å². The zero-order chi connectivity index (χ0) is 23.0. The summed E-state index contributed by atoms with van der Waals surface area (Å²) in [6.07, 6.45) is -1.30. The van der Waals surface area contributed by atoms with Crippen LogP contribution in [0, 0.1) is 12.7 Å². The van der Waals surface area contributed by atoms with Gasteiger partial charge in [0.25, 0.3) is 0 Å². The van der Waals surface area contributed by atoms with Crippen LogP contribution in [0.1, 0.15) is 22.6 Å². The van der Waals surface area contributed by atoms with E-state index in [4.69, 9.17) is 4.74 Å². The Balaban J connectivity index is 1.68. The number of aryl methyl sites for hydroxylation is 2. The van der Waals surface area contributed by atoms with E-state index in [0.29, 0.717) is 29.0 Å². The molecule has 0 saturated carbocycles. The van der Waals surface area contributed by atoms with Gasteiger partial charge in [-0.2, -0.15) is 18.3 Å². The second-order valence-electron chi connectivity index (χ2n) is 7.26. The molecule has 32 heavy (non-hydrogen) atoms. The lowest BCUT2D eigenvalue weighted by atomic mass is 10.0. The molecule has 6 nitrogen and oxygen atoms in total. The number of hydrogen-bond donors (Lipinski definition) is 0. The van der Waals surface area contributed by atoms with Crippen LogP contribution in [-0.2, 0) is 19.6 Å². The standard InChI is InChI=1S/C22H19F4N5O/c1-13-11-31(12-27-13)18-7-5-15(8-19(18)32-3)21-28-20(30(2)29-21)9-14-4-6-16(23)10-17(14)22(24,25)26/h4-8,10-12H,9H2,1-3H3. The molecule has 0 atom stereocenters. The van der Waals surface area contributed by atoms with Crippen LogP contribution in [0.3, 0.4) is 0 Å². The van der Waals surface area contributed by atoms with Crippen LogP contribution in [0.4, 0.5) is 17.6 Å². The van der Waals surface area contributed by atoms with Crippen molar-refractivity contribution in [2.45, 2.75) is 19.5 Å². The molecule has 0 spiro atoms. The number of halogens is 4. The predicted octanol–water partition coefficient (Wildman–Crippen LogP) is 4.73. The van der Waals surface area contributed by atoms with Gasteiger partial charge < -0.3 is 9.30 Å². The number of aromatic nitrogens is 5. The van der Waals surface area contributed by atoms with Crippen molar-refractivity contribution in [1.29, 1.82) is 0 Å². The smallest absolute Gasteiger partial charge is 0.416 e. The van der Waals surface area contributed by atoms with Gasteiger partial charge in [0.05, 0.1) is 30.4 Å². The Kier molecular flexibility index (Phi) is 5.45. The fraction of sp³-hybridized carbons (Fsp3) is 0.227. The summed E-state index contributed by atoms with van der Waals surface area (Å²) in [6, 6.07) is 8.00. The number of ether oxygens (including phenoxy) is 1. The first-order valence-electron chi connectivity index (χ1n) is 9.60. The van der Waals surface area contributed by atoms with Crippen LogP contribution in [-0.4, -0.2) is 31.4 Å². The summed E-state index contributed by atoms with van der Waals surface area (Å²) < 4.78 is 62.1. The van der Waals surface area contributed by atoms with Crippen molar-refractivity contribution < 1.29 is 22.3 Å². The summed E-state index contributed by atoms with van der Waals surface area (Å²) >= 11 is 0. The minimum Gasteiger partial charge on any atom is -0.495 e. The lowest BCUT2D eigenvalue weighted by Gasteiger charge is -2.12. The third kappa shape index (κ3) is 4.20. The highest BCUT2D eigenvalue weighted by molar-refractivity contribution is 5.63. The van der Waals surface area contributed by atoms with Crippen molar-refractivity contribution in [2.75, 3.05) is 7.11 Å². The highest BCUT2D eigenvalue weighted by Gasteiger charge is 2.34. The van der Waals surface area contributed by atoms with Gasteiger partial charge in [-0.3, -0.25) is 4.68 Å². The molecule has 0 aliphatic carbocycles. The summed E-state index contributed by atoms with van der Waals surface area (Å²) in [5.41, 5.74) is 1.16. The Morgan fingerprint density at radius 1 is 1.09 bits per heavy atom. The maximum Gasteiger partial charge on any atom is 0.416 e. The van der Waals surface area contributed by atoms with Crippen molar-refractivity contribution in [1.82, 2.24) is 24.3 Å². The van der Waals surface area contributed by atoms with E-state index in [9.17, 15) is 17.6 Å². The number of nitrogens with zero attached hydrogens (tertiary/aromatic N) is 5. The van der Waals surface area contributed by atoms with Gasteiger partial charge in [-0.05, 0) is 42.8 Å². The third-order valence-corrected chi connectivity index (χ3v) is 5.01. The molecule has 2 aromatic carbocycles. The van der Waals surface area contributed by atoms with E-state index in [1.54, 1.807) is 25.5 Å². The molecule has 166 valence electrons. The van der Waals surface area contributed by atoms with E-state index >= 15 is 0 Å². The molecule has 2 heterocycles. The number of methoxy groups -OCH3 is 1. The molecule has 0 amide bonds. The molecule has 0 saturated heterocycles. The number of imidazole rings is 1. The molecule has 0 bridgehead atoms. The molecule has 0 aliphatic rings. The summed E-state index contributed by atoms with van der Waals surface area (Å²) in [5, 5.41) is 4.34. The molecular formula is C22H19F4N5O. The summed E-state index contributed by atoms with van der Waals surface area (Å²) in [4.78, 5) is 8.63. The zero-order valence-electron chi connectivity index (χ0n) is 17.5. The van der Waals surface area contributed by atoms with Gasteiger partial charge in [0.15, 0.2) is 5.82 Å². The minimum atomic E-state index is -4.67. The third-order valence-electron chi connectivity index (χ3n) is 5.01. The largest absolute Gasteiger partial charge is 0.495 e. The van der Waals surface area contributed by atoms with E-state index < -0.39 is 17.6 Å². The van der Waals surface area contributed by atoms with Gasteiger partial charge in [0.1, 0.15) is 17.4 Å². The lowest BCUT2D eigenvalue weighted by Crippen LogP contribution is -2.11. The molecule has 0 unspecified atom stereocenters. The fourth-order valence-corrected chi connectivity index (χ4v) is 3.41. The lowest BCUT2D eigenvalue weighted by molar-refractivity contribution is -0.138. The van der Waals surface area contributed by atoms with Crippen LogP contribution in [0.15, 0.2) is 48.9 Å². The van der Waals surface area contributed by atoms with Crippen LogP contribution in [0.5, 0.6) is 5.75 Å². The Morgan fingerprint density at radius 3 is 2.53 bits per heavy atom. The molecule has 2 aromatic heterocycles. The van der Waals surface area contributed by atoms with Crippen LogP contribution < -0.4 is 4.74 Å². The first kappa shape index (κ1) is 21.5. The molecule has 0 fully saturated rings. The van der Waals surface area contributed by atoms with Gasteiger partial charge in [0.2, 0.25) is 0 Å². The molecule has 0 radical (unpaired) electrons. The van der Waals surface area contributed by atoms with Crippen LogP contribution >= 0.6 is 0 Å². The van der Waals surface area contributed by atoms with Gasteiger partial charge in [-0.1, -0.05) is 6.07 Å². The van der Waals surface area contributed by atoms with Crippen molar-refractivity contribution in [3.63, 3.8) is 0 Å². The fourth-order valence-electron chi connectivity index (χ4n) is 3.41. The summed E-state index contributed by atoms with van der Waals surface area (Å²) in [6.45, 7) is 1.88. The topological polar surface area (TPSA) is 57.8 Å². The van der Waals surface area contributed by atoms with E-state index in [2.05, 4.69) is 15.1 Å². The average Bonchev–Trinajstić information content (AvgIpc) is 3.33. The first-order chi connectivity index (χ1) is 15.2. The molecule has 0 N–H and O–H groups in total.